The number of aryl methyl sites for hydroxylation is 1. The van der Waals surface area contributed by atoms with E-state index < -0.39 is 11.7 Å². The number of nitrogen functional groups attached to an aromatic ring is 1. The largest absolute Gasteiger partial charge is 0.416 e. The van der Waals surface area contributed by atoms with Gasteiger partial charge in [0.1, 0.15) is 0 Å². The summed E-state index contributed by atoms with van der Waals surface area (Å²) in [5.74, 6) is -0.323. The van der Waals surface area contributed by atoms with Gasteiger partial charge in [-0.15, -0.1) is 0 Å². The number of nitrogens with two attached hydrogens (primary N) is 1. The fraction of sp³-hybridized carbons (Fsp3) is 0.133. The highest BCUT2D eigenvalue weighted by Gasteiger charge is 2.31. The van der Waals surface area contributed by atoms with Crippen LogP contribution in [0.1, 0.15) is 27.0 Å². The molecule has 5 heteroatoms. The molecule has 0 aliphatic carbocycles. The van der Waals surface area contributed by atoms with Crippen LogP contribution in [0.25, 0.3) is 0 Å². The molecule has 0 amide bonds. The lowest BCUT2D eigenvalue weighted by Crippen LogP contribution is -2.09. The third-order valence-electron chi connectivity index (χ3n) is 2.97. The average Bonchev–Trinajstić information content (AvgIpc) is 2.37. The Labute approximate surface area is 114 Å². The summed E-state index contributed by atoms with van der Waals surface area (Å²) in [6.45, 7) is 1.49. The van der Waals surface area contributed by atoms with Crippen LogP contribution in [0.2, 0.25) is 0 Å². The summed E-state index contributed by atoms with van der Waals surface area (Å²) >= 11 is 0. The summed E-state index contributed by atoms with van der Waals surface area (Å²) in [6.07, 6.45) is -4.41. The highest BCUT2D eigenvalue weighted by atomic mass is 19.4. The van der Waals surface area contributed by atoms with Crippen molar-refractivity contribution in [3.63, 3.8) is 0 Å². The summed E-state index contributed by atoms with van der Waals surface area (Å²) in [4.78, 5) is 12.2. The summed E-state index contributed by atoms with van der Waals surface area (Å²) in [5, 5.41) is 0. The molecule has 0 aliphatic rings. The predicted molar refractivity (Wildman–Crippen MR) is 70.5 cm³/mol. The van der Waals surface area contributed by atoms with E-state index in [-0.39, 0.29) is 11.3 Å². The van der Waals surface area contributed by atoms with Crippen molar-refractivity contribution in [3.8, 4) is 0 Å². The molecule has 0 bridgehead atoms. The molecule has 0 radical (unpaired) electrons. The topological polar surface area (TPSA) is 43.1 Å². The van der Waals surface area contributed by atoms with Crippen molar-refractivity contribution >= 4 is 11.5 Å². The number of benzene rings is 2. The molecule has 0 aliphatic heterocycles. The van der Waals surface area contributed by atoms with Gasteiger partial charge in [-0.25, -0.2) is 0 Å². The van der Waals surface area contributed by atoms with Gasteiger partial charge in [0, 0.05) is 16.8 Å². The Morgan fingerprint density at radius 1 is 1.05 bits per heavy atom. The van der Waals surface area contributed by atoms with Gasteiger partial charge < -0.3 is 5.73 Å². The summed E-state index contributed by atoms with van der Waals surface area (Å²) in [7, 11) is 0. The smallest absolute Gasteiger partial charge is 0.399 e. The molecule has 2 aromatic carbocycles. The van der Waals surface area contributed by atoms with Crippen molar-refractivity contribution in [1.29, 1.82) is 0 Å². The summed E-state index contributed by atoms with van der Waals surface area (Å²) in [5.41, 5.74) is 6.22. The van der Waals surface area contributed by atoms with Crippen molar-refractivity contribution in [2.24, 2.45) is 0 Å². The minimum absolute atomic E-state index is 0.253. The first-order valence-corrected chi connectivity index (χ1v) is 5.87. The van der Waals surface area contributed by atoms with Gasteiger partial charge in [0.15, 0.2) is 5.78 Å². The van der Waals surface area contributed by atoms with Crippen LogP contribution in [-0.2, 0) is 6.18 Å². The molecule has 20 heavy (non-hydrogen) atoms. The zero-order valence-corrected chi connectivity index (χ0v) is 10.7. The third-order valence-corrected chi connectivity index (χ3v) is 2.97. The number of ketones is 1. The Morgan fingerprint density at radius 3 is 2.15 bits per heavy atom. The van der Waals surface area contributed by atoms with E-state index in [0.717, 1.165) is 12.1 Å². The fourth-order valence-electron chi connectivity index (χ4n) is 1.88. The number of hydrogen-bond acceptors (Lipinski definition) is 2. The highest BCUT2D eigenvalue weighted by Crippen LogP contribution is 2.30. The van der Waals surface area contributed by atoms with E-state index in [4.69, 9.17) is 5.73 Å². The first kappa shape index (κ1) is 14.1. The van der Waals surface area contributed by atoms with Crippen molar-refractivity contribution in [1.82, 2.24) is 0 Å². The van der Waals surface area contributed by atoms with Crippen LogP contribution in [0.5, 0.6) is 0 Å². The van der Waals surface area contributed by atoms with Gasteiger partial charge in [-0.05, 0) is 48.9 Å². The monoisotopic (exact) mass is 279 g/mol. The number of alkyl halides is 3. The summed E-state index contributed by atoms with van der Waals surface area (Å²) in [6, 6.07) is 9.35. The molecule has 2 nitrogen and oxygen atoms in total. The first-order chi connectivity index (χ1) is 9.29. The van der Waals surface area contributed by atoms with Crippen LogP contribution in [0.15, 0.2) is 42.5 Å². The molecule has 0 fully saturated rings. The maximum absolute atomic E-state index is 12.6. The van der Waals surface area contributed by atoms with Gasteiger partial charge in [0.05, 0.1) is 5.56 Å². The number of carbonyl (C=O) groups excluding carboxylic acids is 1. The molecule has 0 saturated carbocycles. The lowest BCUT2D eigenvalue weighted by molar-refractivity contribution is -0.137. The van der Waals surface area contributed by atoms with E-state index in [1.54, 1.807) is 24.3 Å². The molecule has 0 atom stereocenters. The predicted octanol–water partition coefficient (Wildman–Crippen LogP) is 3.83. The Morgan fingerprint density at radius 2 is 1.65 bits per heavy atom. The second-order valence-corrected chi connectivity index (χ2v) is 4.48. The van der Waals surface area contributed by atoms with E-state index in [1.165, 1.54) is 13.0 Å². The van der Waals surface area contributed by atoms with Gasteiger partial charge in [0.2, 0.25) is 0 Å². The highest BCUT2D eigenvalue weighted by molar-refractivity contribution is 6.10. The van der Waals surface area contributed by atoms with Crippen molar-refractivity contribution in [3.05, 3.63) is 64.7 Å². The number of hydrogen-bond donors (Lipinski definition) is 1. The van der Waals surface area contributed by atoms with Crippen molar-refractivity contribution in [2.45, 2.75) is 13.1 Å². The minimum atomic E-state index is -4.41. The van der Waals surface area contributed by atoms with Gasteiger partial charge in [-0.3, -0.25) is 4.79 Å². The molecule has 2 rings (SSSR count). The molecular formula is C15H12F3NO. The van der Waals surface area contributed by atoms with Crippen LogP contribution in [0.3, 0.4) is 0 Å². The molecule has 0 aromatic heterocycles. The lowest BCUT2D eigenvalue weighted by atomic mass is 9.97. The van der Waals surface area contributed by atoms with E-state index in [1.807, 2.05) is 0 Å². The first-order valence-electron chi connectivity index (χ1n) is 5.87. The van der Waals surface area contributed by atoms with Crippen LogP contribution in [0.4, 0.5) is 18.9 Å². The number of halogens is 3. The van der Waals surface area contributed by atoms with Crippen LogP contribution in [-0.4, -0.2) is 5.78 Å². The molecule has 104 valence electrons. The van der Waals surface area contributed by atoms with Gasteiger partial charge in [-0.1, -0.05) is 6.07 Å². The summed E-state index contributed by atoms with van der Waals surface area (Å²) < 4.78 is 37.7. The second-order valence-electron chi connectivity index (χ2n) is 4.48. The molecule has 2 N–H and O–H groups in total. The van der Waals surface area contributed by atoms with E-state index >= 15 is 0 Å². The van der Waals surface area contributed by atoms with Crippen LogP contribution >= 0.6 is 0 Å². The van der Waals surface area contributed by atoms with Gasteiger partial charge in [-0.2, -0.15) is 13.2 Å². The van der Waals surface area contributed by atoms with Crippen molar-refractivity contribution in [2.75, 3.05) is 5.73 Å². The maximum atomic E-state index is 12.6. The molecule has 0 unspecified atom stereocenters. The SMILES string of the molecule is Cc1cc(C(F)(F)F)ccc1C(=O)c1ccc(N)cc1. The zero-order valence-electron chi connectivity index (χ0n) is 10.7. The molecule has 2 aromatic rings. The molecule has 0 spiro atoms. The Hall–Kier alpha value is -2.30. The molecule has 0 heterocycles. The van der Waals surface area contributed by atoms with E-state index in [9.17, 15) is 18.0 Å². The third kappa shape index (κ3) is 2.82. The standard InChI is InChI=1S/C15H12F3NO/c1-9-8-11(15(16,17)18)4-7-13(9)14(20)10-2-5-12(19)6-3-10/h2-8H,19H2,1H3. The quantitative estimate of drug-likeness (QED) is 0.670. The zero-order chi connectivity index (χ0) is 14.9. The van der Waals surface area contributed by atoms with Gasteiger partial charge >= 0.3 is 6.18 Å². The van der Waals surface area contributed by atoms with Crippen LogP contribution in [0, 0.1) is 6.92 Å². The van der Waals surface area contributed by atoms with Crippen molar-refractivity contribution < 1.29 is 18.0 Å². The van der Waals surface area contributed by atoms with E-state index in [0.29, 0.717) is 16.8 Å². The van der Waals surface area contributed by atoms with Gasteiger partial charge in [0.25, 0.3) is 0 Å². The van der Waals surface area contributed by atoms with E-state index in [2.05, 4.69) is 0 Å². The minimum Gasteiger partial charge on any atom is -0.399 e. The molecular weight excluding hydrogens is 267 g/mol. The fourth-order valence-corrected chi connectivity index (χ4v) is 1.88. The van der Waals surface area contributed by atoms with Crippen LogP contribution < -0.4 is 5.73 Å². The Bertz CT molecular complexity index is 645. The average molecular weight is 279 g/mol. The molecule has 0 saturated heterocycles. The Kier molecular flexibility index (Phi) is 3.53. The normalized spacial score (nSPS) is 11.4. The number of anilines is 1. The number of rotatable bonds is 2. The number of carbonyl (C=O) groups is 1. The maximum Gasteiger partial charge on any atom is 0.416 e. The lowest BCUT2D eigenvalue weighted by Gasteiger charge is -2.10. The second kappa shape index (κ2) is 5.00. The Balaban J connectivity index is 2.38.